The number of hydrogen-bond acceptors (Lipinski definition) is 6. The normalized spacial score (nSPS) is 10.9. The Kier molecular flexibility index (Phi) is 5.43. The van der Waals surface area contributed by atoms with Crippen LogP contribution >= 0.6 is 11.3 Å². The third kappa shape index (κ3) is 3.99. The molecular formula is C22H19FN4O3S. The Morgan fingerprint density at radius 1 is 1.26 bits per heavy atom. The molecule has 0 spiro atoms. The average molecular weight is 438 g/mol. The maximum absolute atomic E-state index is 13.6. The van der Waals surface area contributed by atoms with Gasteiger partial charge in [-0.3, -0.25) is 4.79 Å². The monoisotopic (exact) mass is 438 g/mol. The van der Waals surface area contributed by atoms with Crippen LogP contribution in [-0.4, -0.2) is 22.6 Å². The number of carbonyl (C=O) groups is 1. The van der Waals surface area contributed by atoms with Gasteiger partial charge in [-0.15, -0.1) is 11.3 Å². The Morgan fingerprint density at radius 2 is 2.06 bits per heavy atom. The lowest BCUT2D eigenvalue weighted by molar-refractivity contribution is -0.117. The van der Waals surface area contributed by atoms with E-state index >= 15 is 0 Å². The number of thiophene rings is 1. The predicted molar refractivity (Wildman–Crippen MR) is 119 cm³/mol. The lowest BCUT2D eigenvalue weighted by atomic mass is 10.1. The molecule has 2 aromatic carbocycles. The van der Waals surface area contributed by atoms with E-state index in [-0.39, 0.29) is 12.2 Å². The number of carbonyl (C=O) groups excluding carboxylic acids is 1. The Hall–Kier alpha value is -3.72. The van der Waals surface area contributed by atoms with Crippen molar-refractivity contribution < 1.29 is 13.9 Å². The number of ether oxygens (including phenoxy) is 1. The Balaban J connectivity index is 1.79. The number of benzene rings is 2. The van der Waals surface area contributed by atoms with Gasteiger partial charge in [-0.25, -0.2) is 13.8 Å². The molecule has 2 heterocycles. The molecule has 4 aromatic rings. The van der Waals surface area contributed by atoms with E-state index < -0.39 is 17.4 Å². The lowest BCUT2D eigenvalue weighted by Gasteiger charge is -2.15. The first kappa shape index (κ1) is 20.5. The van der Waals surface area contributed by atoms with Gasteiger partial charge in [0.1, 0.15) is 22.2 Å². The zero-order valence-corrected chi connectivity index (χ0v) is 17.6. The number of amides is 1. The number of primary amides is 1. The van der Waals surface area contributed by atoms with Gasteiger partial charge >= 0.3 is 5.69 Å². The van der Waals surface area contributed by atoms with Crippen LogP contribution in [0.4, 0.5) is 15.9 Å². The fourth-order valence-corrected chi connectivity index (χ4v) is 4.30. The smallest absolute Gasteiger partial charge is 0.355 e. The molecule has 0 fully saturated rings. The molecule has 0 aliphatic rings. The molecule has 0 bridgehead atoms. The summed E-state index contributed by atoms with van der Waals surface area (Å²) in [5, 5.41) is 5.80. The van der Waals surface area contributed by atoms with Gasteiger partial charge in [0.05, 0.1) is 24.6 Å². The third-order valence-electron chi connectivity index (χ3n) is 4.81. The van der Waals surface area contributed by atoms with Gasteiger partial charge in [-0.2, -0.15) is 4.98 Å². The summed E-state index contributed by atoms with van der Waals surface area (Å²) in [5.41, 5.74) is 7.60. The zero-order chi connectivity index (χ0) is 22.1. The Labute approximate surface area is 180 Å². The van der Waals surface area contributed by atoms with E-state index in [1.807, 2.05) is 30.5 Å². The summed E-state index contributed by atoms with van der Waals surface area (Å²) in [6.07, 6.45) is 0.156. The fourth-order valence-electron chi connectivity index (χ4n) is 3.40. The van der Waals surface area contributed by atoms with E-state index in [1.54, 1.807) is 6.07 Å². The number of methoxy groups -OCH3 is 1. The minimum absolute atomic E-state index is 0.156. The number of rotatable bonds is 6. The molecular weight excluding hydrogens is 419 g/mol. The minimum atomic E-state index is -0.523. The molecule has 0 aliphatic carbocycles. The van der Waals surface area contributed by atoms with Gasteiger partial charge in [0.15, 0.2) is 0 Å². The first-order chi connectivity index (χ1) is 14.9. The van der Waals surface area contributed by atoms with E-state index in [1.165, 1.54) is 41.2 Å². The Morgan fingerprint density at radius 3 is 2.77 bits per heavy atom. The number of aryl methyl sites for hydroxylation is 1. The van der Waals surface area contributed by atoms with Gasteiger partial charge < -0.3 is 15.8 Å². The highest BCUT2D eigenvalue weighted by molar-refractivity contribution is 7.16. The highest BCUT2D eigenvalue weighted by Gasteiger charge is 2.17. The number of anilines is 2. The molecule has 0 aliphatic heterocycles. The number of hydrogen-bond donors (Lipinski definition) is 2. The van der Waals surface area contributed by atoms with Crippen LogP contribution in [-0.2, 0) is 11.2 Å². The molecule has 0 saturated heterocycles. The highest BCUT2D eigenvalue weighted by Crippen LogP contribution is 2.32. The number of halogens is 1. The molecule has 0 atom stereocenters. The number of nitrogens with two attached hydrogens (primary N) is 1. The Bertz CT molecular complexity index is 1360. The molecule has 158 valence electrons. The number of aromatic nitrogens is 2. The predicted octanol–water partition coefficient (Wildman–Crippen LogP) is 3.67. The summed E-state index contributed by atoms with van der Waals surface area (Å²) < 4.78 is 20.3. The highest BCUT2D eigenvalue weighted by atomic mass is 32.1. The quantitative estimate of drug-likeness (QED) is 0.479. The second-order valence-electron chi connectivity index (χ2n) is 6.95. The molecule has 2 aromatic heterocycles. The average Bonchev–Trinajstić information content (AvgIpc) is 3.20. The SMILES string of the molecule is COc1cc(F)ccc1-n1c(=O)nc(Nc2ccc(CC(N)=O)cc2C)c2ccsc21. The van der Waals surface area contributed by atoms with Crippen molar-refractivity contribution in [1.29, 1.82) is 0 Å². The summed E-state index contributed by atoms with van der Waals surface area (Å²) in [6, 6.07) is 11.3. The molecule has 0 unspecified atom stereocenters. The first-order valence-corrected chi connectivity index (χ1v) is 10.2. The largest absolute Gasteiger partial charge is 0.494 e. The van der Waals surface area contributed by atoms with Gasteiger partial charge in [-0.1, -0.05) is 12.1 Å². The van der Waals surface area contributed by atoms with Crippen molar-refractivity contribution in [3.8, 4) is 11.4 Å². The van der Waals surface area contributed by atoms with Crippen LogP contribution in [0.3, 0.4) is 0 Å². The van der Waals surface area contributed by atoms with Gasteiger partial charge in [-0.05, 0) is 47.7 Å². The van der Waals surface area contributed by atoms with Crippen molar-refractivity contribution in [3.05, 3.63) is 75.3 Å². The maximum atomic E-state index is 13.6. The van der Waals surface area contributed by atoms with E-state index in [4.69, 9.17) is 10.5 Å². The zero-order valence-electron chi connectivity index (χ0n) is 16.8. The van der Waals surface area contributed by atoms with Crippen LogP contribution in [0.15, 0.2) is 52.6 Å². The first-order valence-electron chi connectivity index (χ1n) is 9.36. The number of nitrogens with zero attached hydrogens (tertiary/aromatic N) is 2. The summed E-state index contributed by atoms with van der Waals surface area (Å²) in [6.45, 7) is 1.89. The second-order valence-corrected chi connectivity index (χ2v) is 7.85. The molecule has 0 saturated carbocycles. The van der Waals surface area contributed by atoms with E-state index in [9.17, 15) is 14.0 Å². The molecule has 3 N–H and O–H groups in total. The van der Waals surface area contributed by atoms with Crippen molar-refractivity contribution in [2.45, 2.75) is 13.3 Å². The molecule has 9 heteroatoms. The van der Waals surface area contributed by atoms with Gasteiger partial charge in [0.25, 0.3) is 0 Å². The minimum Gasteiger partial charge on any atom is -0.494 e. The van der Waals surface area contributed by atoms with Crippen molar-refractivity contribution >= 4 is 39.0 Å². The van der Waals surface area contributed by atoms with Crippen LogP contribution in [0, 0.1) is 12.7 Å². The molecule has 31 heavy (non-hydrogen) atoms. The van der Waals surface area contributed by atoms with Crippen molar-refractivity contribution in [3.63, 3.8) is 0 Å². The van der Waals surface area contributed by atoms with Crippen molar-refractivity contribution in [2.75, 3.05) is 12.4 Å². The maximum Gasteiger partial charge on any atom is 0.355 e. The van der Waals surface area contributed by atoms with Gasteiger partial charge in [0, 0.05) is 11.8 Å². The second kappa shape index (κ2) is 8.19. The fraction of sp³-hybridized carbons (Fsp3) is 0.136. The lowest BCUT2D eigenvalue weighted by Crippen LogP contribution is -2.22. The molecule has 0 radical (unpaired) electrons. The molecule has 1 amide bonds. The van der Waals surface area contributed by atoms with Gasteiger partial charge in [0.2, 0.25) is 5.91 Å². The van der Waals surface area contributed by atoms with Crippen LogP contribution in [0.5, 0.6) is 5.75 Å². The summed E-state index contributed by atoms with van der Waals surface area (Å²) in [5.74, 6) is -0.219. The van der Waals surface area contributed by atoms with Crippen LogP contribution < -0.4 is 21.5 Å². The van der Waals surface area contributed by atoms with E-state index in [0.717, 1.165) is 22.2 Å². The molecule has 4 rings (SSSR count). The summed E-state index contributed by atoms with van der Waals surface area (Å²) in [7, 11) is 1.42. The summed E-state index contributed by atoms with van der Waals surface area (Å²) >= 11 is 1.37. The summed E-state index contributed by atoms with van der Waals surface area (Å²) in [4.78, 5) is 29.0. The topological polar surface area (TPSA) is 99.2 Å². The van der Waals surface area contributed by atoms with Crippen molar-refractivity contribution in [1.82, 2.24) is 9.55 Å². The van der Waals surface area contributed by atoms with Crippen LogP contribution in [0.1, 0.15) is 11.1 Å². The number of nitrogens with one attached hydrogen (secondary N) is 1. The number of fused-ring (bicyclic) bond motifs is 1. The van der Waals surface area contributed by atoms with Crippen LogP contribution in [0.2, 0.25) is 0 Å². The van der Waals surface area contributed by atoms with Crippen molar-refractivity contribution in [2.24, 2.45) is 5.73 Å². The standard InChI is InChI=1S/C22H19FN4O3S/c1-12-9-13(10-19(24)28)3-5-16(12)25-20-15-7-8-31-21(15)27(22(29)26-20)17-6-4-14(23)11-18(17)30-2/h3-9,11H,10H2,1-2H3,(H2,24,28)(H,25,26,29). The molecule has 7 nitrogen and oxygen atoms in total. The third-order valence-corrected chi connectivity index (χ3v) is 5.70. The van der Waals surface area contributed by atoms with E-state index in [2.05, 4.69) is 10.3 Å². The van der Waals surface area contributed by atoms with Crippen LogP contribution in [0.25, 0.3) is 15.9 Å². The van der Waals surface area contributed by atoms with E-state index in [0.29, 0.717) is 16.3 Å².